The molecule has 1 heterocycles. The molecule has 72 valence electrons. The van der Waals surface area contributed by atoms with Gasteiger partial charge in [0.05, 0.1) is 5.88 Å². The fourth-order valence-corrected chi connectivity index (χ4v) is 2.48. The average Bonchev–Trinajstić information content (AvgIpc) is 2.34. The zero-order chi connectivity index (χ0) is 8.27. The number of halogens is 1. The lowest BCUT2D eigenvalue weighted by Crippen LogP contribution is -2.16. The Kier molecular flexibility index (Phi) is 5.80. The molecule has 0 fully saturated rings. The quantitative estimate of drug-likeness (QED) is 0.770. The van der Waals surface area contributed by atoms with Gasteiger partial charge in [-0.15, -0.1) is 24.2 Å². The minimum absolute atomic E-state index is 0. The van der Waals surface area contributed by atoms with E-state index >= 15 is 0 Å². The van der Waals surface area contributed by atoms with Gasteiger partial charge >= 0.3 is 0 Å². The molecule has 0 amide bonds. The van der Waals surface area contributed by atoms with Gasteiger partial charge in [0.25, 0.3) is 0 Å². The predicted octanol–water partition coefficient (Wildman–Crippen LogP) is 2.05. The normalized spacial score (nSPS) is 16.8. The fourth-order valence-electron chi connectivity index (χ4n) is 1.22. The van der Waals surface area contributed by atoms with Gasteiger partial charge in [0.1, 0.15) is 0 Å². The zero-order valence-corrected chi connectivity index (χ0v) is 9.17. The maximum atomic E-state index is 8.74. The van der Waals surface area contributed by atoms with Gasteiger partial charge in [-0.05, 0) is 13.8 Å². The third-order valence-corrected chi connectivity index (χ3v) is 3.28. The molecule has 0 atom stereocenters. The number of thioether (sulfide) groups is 1. The van der Waals surface area contributed by atoms with Crippen molar-refractivity contribution in [1.82, 2.24) is 4.90 Å². The first-order valence-corrected chi connectivity index (χ1v) is 4.96. The maximum absolute atomic E-state index is 8.74. The molecule has 2 nitrogen and oxygen atoms in total. The van der Waals surface area contributed by atoms with Crippen LogP contribution in [0.25, 0.3) is 0 Å². The molecule has 0 spiro atoms. The third kappa shape index (κ3) is 2.57. The Hall–Kier alpha value is 0.140. The summed E-state index contributed by atoms with van der Waals surface area (Å²) in [4.78, 5) is 3.68. The van der Waals surface area contributed by atoms with E-state index in [0.29, 0.717) is 0 Å². The van der Waals surface area contributed by atoms with Crippen molar-refractivity contribution in [2.24, 2.45) is 0 Å². The highest BCUT2D eigenvalue weighted by Gasteiger charge is 2.16. The standard InChI is InChI=1S/C8H15NOS.ClH/c1-3-9-6-11-8(4-5-10)7(9)2;/h10H,3-6H2,1-2H3;1H. The second-order valence-electron chi connectivity index (χ2n) is 2.61. The molecule has 0 saturated carbocycles. The molecule has 1 rings (SSSR count). The van der Waals surface area contributed by atoms with Crippen LogP contribution in [0.3, 0.4) is 0 Å². The summed E-state index contributed by atoms with van der Waals surface area (Å²) in [7, 11) is 0. The molecule has 1 N–H and O–H groups in total. The summed E-state index contributed by atoms with van der Waals surface area (Å²) >= 11 is 1.85. The summed E-state index contributed by atoms with van der Waals surface area (Å²) in [6.45, 7) is 5.64. The number of hydrogen-bond acceptors (Lipinski definition) is 3. The number of nitrogens with zero attached hydrogens (tertiary/aromatic N) is 1. The van der Waals surface area contributed by atoms with Crippen LogP contribution in [-0.4, -0.2) is 29.0 Å². The van der Waals surface area contributed by atoms with Crippen molar-refractivity contribution >= 4 is 24.2 Å². The zero-order valence-electron chi connectivity index (χ0n) is 7.54. The van der Waals surface area contributed by atoms with Crippen molar-refractivity contribution in [2.45, 2.75) is 20.3 Å². The molecule has 0 aromatic heterocycles. The van der Waals surface area contributed by atoms with Crippen LogP contribution in [0.1, 0.15) is 20.3 Å². The first kappa shape index (κ1) is 12.1. The highest BCUT2D eigenvalue weighted by atomic mass is 35.5. The second kappa shape index (κ2) is 5.73. The van der Waals surface area contributed by atoms with Crippen LogP contribution in [0.15, 0.2) is 10.6 Å². The topological polar surface area (TPSA) is 23.5 Å². The van der Waals surface area contributed by atoms with Crippen molar-refractivity contribution in [1.29, 1.82) is 0 Å². The Morgan fingerprint density at radius 2 is 2.25 bits per heavy atom. The Morgan fingerprint density at radius 3 is 2.67 bits per heavy atom. The van der Waals surface area contributed by atoms with Gasteiger partial charge < -0.3 is 10.0 Å². The lowest BCUT2D eigenvalue weighted by Gasteiger charge is -2.15. The van der Waals surface area contributed by atoms with Crippen LogP contribution in [0.2, 0.25) is 0 Å². The van der Waals surface area contributed by atoms with E-state index in [1.165, 1.54) is 10.6 Å². The predicted molar refractivity (Wildman–Crippen MR) is 56.5 cm³/mol. The van der Waals surface area contributed by atoms with Crippen molar-refractivity contribution < 1.29 is 5.11 Å². The van der Waals surface area contributed by atoms with Crippen molar-refractivity contribution in [2.75, 3.05) is 19.0 Å². The fraction of sp³-hybridized carbons (Fsp3) is 0.750. The van der Waals surface area contributed by atoms with E-state index in [-0.39, 0.29) is 19.0 Å². The first-order chi connectivity index (χ1) is 5.29. The van der Waals surface area contributed by atoms with Gasteiger partial charge in [-0.25, -0.2) is 0 Å². The molecule has 1 aliphatic heterocycles. The van der Waals surface area contributed by atoms with Crippen LogP contribution < -0.4 is 0 Å². The summed E-state index contributed by atoms with van der Waals surface area (Å²) in [5, 5.41) is 8.74. The highest BCUT2D eigenvalue weighted by Crippen LogP contribution is 2.32. The van der Waals surface area contributed by atoms with E-state index < -0.39 is 0 Å². The Morgan fingerprint density at radius 1 is 1.58 bits per heavy atom. The highest BCUT2D eigenvalue weighted by molar-refractivity contribution is 8.03. The van der Waals surface area contributed by atoms with Crippen molar-refractivity contribution in [3.63, 3.8) is 0 Å². The van der Waals surface area contributed by atoms with Crippen LogP contribution in [0, 0.1) is 0 Å². The van der Waals surface area contributed by atoms with Gasteiger partial charge in [-0.3, -0.25) is 0 Å². The summed E-state index contributed by atoms with van der Waals surface area (Å²) < 4.78 is 0. The average molecular weight is 210 g/mol. The minimum Gasteiger partial charge on any atom is -0.396 e. The summed E-state index contributed by atoms with van der Waals surface area (Å²) in [6, 6.07) is 0. The van der Waals surface area contributed by atoms with E-state index in [0.717, 1.165) is 18.8 Å². The van der Waals surface area contributed by atoms with E-state index in [1.54, 1.807) is 0 Å². The molecule has 0 unspecified atom stereocenters. The largest absolute Gasteiger partial charge is 0.396 e. The molecule has 0 saturated heterocycles. The SMILES string of the molecule is CCN1CSC(CCO)=C1C.Cl. The minimum atomic E-state index is 0. The molecular weight excluding hydrogens is 194 g/mol. The molecule has 0 radical (unpaired) electrons. The maximum Gasteiger partial charge on any atom is 0.0680 e. The van der Waals surface area contributed by atoms with Gasteiger partial charge in [-0.2, -0.15) is 0 Å². The molecule has 1 aliphatic rings. The van der Waals surface area contributed by atoms with Crippen LogP contribution in [-0.2, 0) is 0 Å². The third-order valence-electron chi connectivity index (χ3n) is 1.99. The van der Waals surface area contributed by atoms with Crippen LogP contribution in [0.5, 0.6) is 0 Å². The summed E-state index contributed by atoms with van der Waals surface area (Å²) in [6.07, 6.45) is 0.826. The summed E-state index contributed by atoms with van der Waals surface area (Å²) in [5.74, 6) is 1.07. The van der Waals surface area contributed by atoms with Gasteiger partial charge in [0, 0.05) is 30.2 Å². The number of aliphatic hydroxyl groups is 1. The number of hydrogen-bond donors (Lipinski definition) is 1. The molecule has 4 heteroatoms. The summed E-state index contributed by atoms with van der Waals surface area (Å²) in [5.41, 5.74) is 1.35. The van der Waals surface area contributed by atoms with Crippen molar-refractivity contribution in [3.05, 3.63) is 10.6 Å². The molecule has 12 heavy (non-hydrogen) atoms. The molecule has 0 bridgehead atoms. The lowest BCUT2D eigenvalue weighted by atomic mass is 10.3. The van der Waals surface area contributed by atoms with Crippen LogP contribution >= 0.6 is 24.2 Å². The van der Waals surface area contributed by atoms with Gasteiger partial charge in [0.2, 0.25) is 0 Å². The molecule has 0 aliphatic carbocycles. The Bertz CT molecular complexity index is 172. The first-order valence-electron chi connectivity index (χ1n) is 3.98. The number of rotatable bonds is 3. The molecule has 0 aromatic rings. The van der Waals surface area contributed by atoms with E-state index in [4.69, 9.17) is 5.11 Å². The molecular formula is C8H16ClNOS. The van der Waals surface area contributed by atoms with E-state index in [2.05, 4.69) is 18.7 Å². The van der Waals surface area contributed by atoms with Crippen LogP contribution in [0.4, 0.5) is 0 Å². The van der Waals surface area contributed by atoms with Crippen molar-refractivity contribution in [3.8, 4) is 0 Å². The monoisotopic (exact) mass is 209 g/mol. The van der Waals surface area contributed by atoms with E-state index in [1.807, 2.05) is 11.8 Å². The number of allylic oxidation sites excluding steroid dienone is 1. The Balaban J connectivity index is 0.00000121. The number of aliphatic hydroxyl groups excluding tert-OH is 1. The Labute approximate surface area is 84.4 Å². The lowest BCUT2D eigenvalue weighted by molar-refractivity contribution is 0.300. The smallest absolute Gasteiger partial charge is 0.0680 e. The van der Waals surface area contributed by atoms with Gasteiger partial charge in [0.15, 0.2) is 0 Å². The van der Waals surface area contributed by atoms with E-state index in [9.17, 15) is 0 Å². The second-order valence-corrected chi connectivity index (χ2v) is 3.65. The molecule has 0 aromatic carbocycles. The van der Waals surface area contributed by atoms with Gasteiger partial charge in [-0.1, -0.05) is 0 Å².